The fourth-order valence-electron chi connectivity index (χ4n) is 3.50. The van der Waals surface area contributed by atoms with Crippen molar-refractivity contribution in [1.29, 1.82) is 0 Å². The molecule has 0 radical (unpaired) electrons. The molecule has 27 heavy (non-hydrogen) atoms. The lowest BCUT2D eigenvalue weighted by Crippen LogP contribution is -2.48. The van der Waals surface area contributed by atoms with Crippen LogP contribution in [0.1, 0.15) is 5.56 Å². The molecule has 3 nitrogen and oxygen atoms in total. The number of hydrogen-bond acceptors (Lipinski definition) is 2. The Hall–Kier alpha value is -3.14. The van der Waals surface area contributed by atoms with Crippen LogP contribution in [0, 0.1) is 5.82 Å². The first-order valence-electron chi connectivity index (χ1n) is 9.16. The van der Waals surface area contributed by atoms with Gasteiger partial charge in [-0.05, 0) is 46.7 Å². The van der Waals surface area contributed by atoms with Gasteiger partial charge in [-0.3, -0.25) is 4.79 Å². The lowest BCUT2D eigenvalue weighted by Gasteiger charge is -2.35. The number of nitrogens with zero attached hydrogens (tertiary/aromatic N) is 2. The van der Waals surface area contributed by atoms with Crippen LogP contribution in [0.2, 0.25) is 0 Å². The van der Waals surface area contributed by atoms with E-state index in [0.717, 1.165) is 29.7 Å². The summed E-state index contributed by atoms with van der Waals surface area (Å²) in [6.45, 7) is 2.82. The van der Waals surface area contributed by atoms with Gasteiger partial charge in [0.15, 0.2) is 0 Å². The van der Waals surface area contributed by atoms with Gasteiger partial charge in [0.05, 0.1) is 0 Å². The molecule has 1 fully saturated rings. The molecule has 0 aromatic heterocycles. The highest BCUT2D eigenvalue weighted by Gasteiger charge is 2.19. The number of anilines is 1. The minimum atomic E-state index is -0.230. The Morgan fingerprint density at radius 1 is 0.852 bits per heavy atom. The van der Waals surface area contributed by atoms with Crippen molar-refractivity contribution in [1.82, 2.24) is 4.90 Å². The molecular formula is C23H21FN2O. The summed E-state index contributed by atoms with van der Waals surface area (Å²) in [5, 5.41) is 2.31. The zero-order valence-corrected chi connectivity index (χ0v) is 15.0. The number of carbonyl (C=O) groups is 1. The van der Waals surface area contributed by atoms with Gasteiger partial charge in [-0.15, -0.1) is 0 Å². The summed E-state index contributed by atoms with van der Waals surface area (Å²) in [7, 11) is 0. The summed E-state index contributed by atoms with van der Waals surface area (Å²) in [6, 6.07) is 20.8. The predicted molar refractivity (Wildman–Crippen MR) is 108 cm³/mol. The lowest BCUT2D eigenvalue weighted by molar-refractivity contribution is -0.126. The van der Waals surface area contributed by atoms with Crippen LogP contribution in [-0.2, 0) is 4.79 Å². The van der Waals surface area contributed by atoms with Crippen LogP contribution in [0.25, 0.3) is 16.8 Å². The number of piperazine rings is 1. The molecule has 0 aliphatic carbocycles. The third kappa shape index (κ3) is 3.85. The standard InChI is InChI=1S/C23H21FN2O/c24-20-9-11-21(12-10-20)25-14-16-26(17-15-25)23(27)13-8-19-6-3-5-18-4-1-2-7-22(18)19/h1-13H,14-17H2/b13-8+. The van der Waals surface area contributed by atoms with Crippen molar-refractivity contribution in [3.05, 3.63) is 84.2 Å². The smallest absolute Gasteiger partial charge is 0.246 e. The molecule has 0 saturated carbocycles. The second-order valence-corrected chi connectivity index (χ2v) is 6.69. The molecule has 3 aromatic carbocycles. The van der Waals surface area contributed by atoms with E-state index in [4.69, 9.17) is 0 Å². The van der Waals surface area contributed by atoms with E-state index in [1.807, 2.05) is 35.2 Å². The molecule has 1 saturated heterocycles. The fourth-order valence-corrected chi connectivity index (χ4v) is 3.50. The van der Waals surface area contributed by atoms with Crippen molar-refractivity contribution in [2.75, 3.05) is 31.1 Å². The van der Waals surface area contributed by atoms with E-state index < -0.39 is 0 Å². The molecule has 1 heterocycles. The van der Waals surface area contributed by atoms with Gasteiger partial charge in [0.1, 0.15) is 5.82 Å². The topological polar surface area (TPSA) is 23.6 Å². The van der Waals surface area contributed by atoms with Crippen molar-refractivity contribution in [2.45, 2.75) is 0 Å². The Morgan fingerprint density at radius 2 is 1.56 bits per heavy atom. The molecule has 4 heteroatoms. The van der Waals surface area contributed by atoms with Gasteiger partial charge in [-0.25, -0.2) is 4.39 Å². The predicted octanol–water partition coefficient (Wildman–Crippen LogP) is 4.34. The third-order valence-electron chi connectivity index (χ3n) is 5.01. The molecule has 0 N–H and O–H groups in total. The highest BCUT2D eigenvalue weighted by molar-refractivity contribution is 5.96. The largest absolute Gasteiger partial charge is 0.368 e. The zero-order valence-electron chi connectivity index (χ0n) is 15.0. The van der Waals surface area contributed by atoms with Crippen LogP contribution in [0.15, 0.2) is 72.8 Å². The van der Waals surface area contributed by atoms with Crippen molar-refractivity contribution in [3.8, 4) is 0 Å². The van der Waals surface area contributed by atoms with Gasteiger partial charge in [0.25, 0.3) is 0 Å². The van der Waals surface area contributed by atoms with Gasteiger partial charge in [-0.1, -0.05) is 42.5 Å². The number of benzene rings is 3. The van der Waals surface area contributed by atoms with E-state index in [0.29, 0.717) is 13.1 Å². The number of halogens is 1. The lowest BCUT2D eigenvalue weighted by atomic mass is 10.0. The van der Waals surface area contributed by atoms with E-state index in [1.165, 1.54) is 17.5 Å². The molecule has 1 aliphatic heterocycles. The van der Waals surface area contributed by atoms with Crippen LogP contribution < -0.4 is 4.90 Å². The number of amides is 1. The molecule has 0 spiro atoms. The molecule has 4 rings (SSSR count). The summed E-state index contributed by atoms with van der Waals surface area (Å²) in [6.07, 6.45) is 3.56. The summed E-state index contributed by atoms with van der Waals surface area (Å²) in [5.41, 5.74) is 2.04. The summed E-state index contributed by atoms with van der Waals surface area (Å²) in [4.78, 5) is 16.6. The normalized spacial score (nSPS) is 14.9. The maximum absolute atomic E-state index is 13.1. The van der Waals surface area contributed by atoms with Crippen LogP contribution in [0.4, 0.5) is 10.1 Å². The maximum atomic E-state index is 13.1. The molecule has 3 aromatic rings. The first-order chi connectivity index (χ1) is 13.2. The first kappa shape index (κ1) is 17.3. The number of fused-ring (bicyclic) bond motifs is 1. The van der Waals surface area contributed by atoms with Gasteiger partial charge >= 0.3 is 0 Å². The second kappa shape index (κ2) is 7.62. The fraction of sp³-hybridized carbons (Fsp3) is 0.174. The summed E-state index contributed by atoms with van der Waals surface area (Å²) < 4.78 is 13.1. The van der Waals surface area contributed by atoms with Crippen molar-refractivity contribution in [3.63, 3.8) is 0 Å². The Balaban J connectivity index is 1.40. The van der Waals surface area contributed by atoms with Gasteiger partial charge < -0.3 is 9.80 Å². The average Bonchev–Trinajstić information content (AvgIpc) is 2.72. The zero-order chi connectivity index (χ0) is 18.6. The van der Waals surface area contributed by atoms with Crippen molar-refractivity contribution in [2.24, 2.45) is 0 Å². The van der Waals surface area contributed by atoms with E-state index >= 15 is 0 Å². The first-order valence-corrected chi connectivity index (χ1v) is 9.16. The monoisotopic (exact) mass is 360 g/mol. The third-order valence-corrected chi connectivity index (χ3v) is 5.01. The average molecular weight is 360 g/mol. The highest BCUT2D eigenvalue weighted by atomic mass is 19.1. The van der Waals surface area contributed by atoms with E-state index in [1.54, 1.807) is 18.2 Å². The molecule has 136 valence electrons. The van der Waals surface area contributed by atoms with Crippen LogP contribution >= 0.6 is 0 Å². The van der Waals surface area contributed by atoms with E-state index in [-0.39, 0.29) is 11.7 Å². The summed E-state index contributed by atoms with van der Waals surface area (Å²) in [5.74, 6) is -0.201. The minimum Gasteiger partial charge on any atom is -0.368 e. The van der Waals surface area contributed by atoms with Crippen molar-refractivity contribution < 1.29 is 9.18 Å². The summed E-state index contributed by atoms with van der Waals surface area (Å²) >= 11 is 0. The molecule has 0 bridgehead atoms. The van der Waals surface area contributed by atoms with E-state index in [9.17, 15) is 9.18 Å². The van der Waals surface area contributed by atoms with Crippen LogP contribution in [0.5, 0.6) is 0 Å². The van der Waals surface area contributed by atoms with Gasteiger partial charge in [0.2, 0.25) is 5.91 Å². The molecule has 1 amide bonds. The number of rotatable bonds is 3. The molecule has 0 atom stereocenters. The highest BCUT2D eigenvalue weighted by Crippen LogP contribution is 2.20. The number of carbonyl (C=O) groups excluding carboxylic acids is 1. The number of hydrogen-bond donors (Lipinski definition) is 0. The molecule has 1 aliphatic rings. The van der Waals surface area contributed by atoms with Gasteiger partial charge in [-0.2, -0.15) is 0 Å². The van der Waals surface area contributed by atoms with Gasteiger partial charge in [0, 0.05) is 37.9 Å². The second-order valence-electron chi connectivity index (χ2n) is 6.69. The molecule has 0 unspecified atom stereocenters. The van der Waals surface area contributed by atoms with E-state index in [2.05, 4.69) is 23.1 Å². The van der Waals surface area contributed by atoms with Crippen LogP contribution in [0.3, 0.4) is 0 Å². The maximum Gasteiger partial charge on any atom is 0.246 e. The Morgan fingerprint density at radius 3 is 2.33 bits per heavy atom. The Bertz CT molecular complexity index is 968. The quantitative estimate of drug-likeness (QED) is 0.649. The molecular weight excluding hydrogens is 339 g/mol. The van der Waals surface area contributed by atoms with Crippen LogP contribution in [-0.4, -0.2) is 37.0 Å². The Kier molecular flexibility index (Phi) is 4.88. The van der Waals surface area contributed by atoms with Crippen molar-refractivity contribution >= 4 is 28.4 Å². The SMILES string of the molecule is O=C(/C=C/c1cccc2ccccc12)N1CCN(c2ccc(F)cc2)CC1. The Labute approximate surface area is 158 Å². The minimum absolute atomic E-state index is 0.0293.